The molecule has 2 N–H and O–H groups in total. The van der Waals surface area contributed by atoms with Crippen molar-refractivity contribution < 1.29 is 10.0 Å². The minimum atomic E-state index is -1.11. The van der Waals surface area contributed by atoms with E-state index < -0.39 is 7.12 Å². The summed E-state index contributed by atoms with van der Waals surface area (Å²) in [7, 11) is -1.11. The van der Waals surface area contributed by atoms with Gasteiger partial charge in [0.1, 0.15) is 0 Å². The molecule has 0 rings (SSSR count). The highest BCUT2D eigenvalue weighted by Crippen LogP contribution is 2.24. The van der Waals surface area contributed by atoms with E-state index in [4.69, 9.17) is 0 Å². The van der Waals surface area contributed by atoms with Gasteiger partial charge in [-0.1, -0.05) is 97.3 Å². The maximum atomic E-state index is 9.41. The number of unbranched alkanes of at least 4 members (excludes halogenated alkanes) is 9. The van der Waals surface area contributed by atoms with Crippen LogP contribution in [0.5, 0.6) is 0 Å². The Kier molecular flexibility index (Phi) is 14.4. The van der Waals surface area contributed by atoms with Crippen molar-refractivity contribution in [2.24, 2.45) is 0 Å². The van der Waals surface area contributed by atoms with Gasteiger partial charge >= 0.3 is 7.12 Å². The van der Waals surface area contributed by atoms with E-state index in [0.29, 0.717) is 0 Å². The Labute approximate surface area is 121 Å². The molecule has 19 heavy (non-hydrogen) atoms. The molecule has 0 radical (unpaired) electrons. The molecule has 2 nitrogen and oxygen atoms in total. The van der Waals surface area contributed by atoms with Gasteiger partial charge in [-0.25, -0.2) is 0 Å². The second-order valence-electron chi connectivity index (χ2n) is 5.93. The first-order valence-corrected chi connectivity index (χ1v) is 8.58. The summed E-state index contributed by atoms with van der Waals surface area (Å²) >= 11 is 0. The van der Waals surface area contributed by atoms with E-state index in [1.807, 2.05) is 0 Å². The van der Waals surface area contributed by atoms with Crippen LogP contribution in [0.15, 0.2) is 0 Å². The molecule has 0 fully saturated rings. The van der Waals surface area contributed by atoms with Crippen LogP contribution < -0.4 is 0 Å². The fraction of sp³-hybridized carbons (Fsp3) is 1.00. The van der Waals surface area contributed by atoms with Gasteiger partial charge in [0.25, 0.3) is 0 Å². The first kappa shape index (κ1) is 19.0. The van der Waals surface area contributed by atoms with E-state index in [2.05, 4.69) is 13.8 Å². The molecule has 0 saturated carbocycles. The third kappa shape index (κ3) is 12.8. The van der Waals surface area contributed by atoms with Crippen LogP contribution in [0.3, 0.4) is 0 Å². The van der Waals surface area contributed by atoms with Crippen molar-refractivity contribution in [3.63, 3.8) is 0 Å². The molecule has 3 heteroatoms. The Morgan fingerprint density at radius 2 is 1.00 bits per heavy atom. The van der Waals surface area contributed by atoms with Crippen molar-refractivity contribution in [1.82, 2.24) is 0 Å². The Morgan fingerprint density at radius 3 is 1.37 bits per heavy atom. The summed E-state index contributed by atoms with van der Waals surface area (Å²) in [6.07, 6.45) is 15.9. The first-order valence-electron chi connectivity index (χ1n) is 8.58. The van der Waals surface area contributed by atoms with Crippen molar-refractivity contribution >= 4 is 7.12 Å². The summed E-state index contributed by atoms with van der Waals surface area (Å²) in [4.78, 5) is 0. The Hall–Kier alpha value is -0.0151. The molecule has 1 atom stereocenters. The predicted molar refractivity (Wildman–Crippen MR) is 85.3 cm³/mol. The summed E-state index contributed by atoms with van der Waals surface area (Å²) in [5.41, 5.74) is 0. The predicted octanol–water partition coefficient (Wildman–Crippen LogP) is 4.94. The van der Waals surface area contributed by atoms with Gasteiger partial charge in [-0.15, -0.1) is 0 Å². The molecule has 0 bridgehead atoms. The summed E-state index contributed by atoms with van der Waals surface area (Å²) in [5.74, 6) is 0.104. The number of hydrogen-bond acceptors (Lipinski definition) is 2. The van der Waals surface area contributed by atoms with Gasteiger partial charge in [0, 0.05) is 0 Å². The smallest absolute Gasteiger partial charge is 0.427 e. The van der Waals surface area contributed by atoms with Crippen LogP contribution in [0.25, 0.3) is 0 Å². The van der Waals surface area contributed by atoms with Crippen LogP contribution in [-0.4, -0.2) is 17.2 Å². The van der Waals surface area contributed by atoms with Gasteiger partial charge < -0.3 is 10.0 Å². The number of rotatable bonds is 14. The summed E-state index contributed by atoms with van der Waals surface area (Å²) in [6, 6.07) is 0. The Bertz CT molecular complexity index is 174. The molecule has 0 aromatic heterocycles. The molecule has 0 saturated heterocycles. The molecule has 0 spiro atoms. The largest absolute Gasteiger partial charge is 0.454 e. The van der Waals surface area contributed by atoms with Gasteiger partial charge in [0.2, 0.25) is 0 Å². The monoisotopic (exact) mass is 270 g/mol. The molecular formula is C16H35BO2. The molecule has 0 aliphatic carbocycles. The maximum Gasteiger partial charge on any atom is 0.454 e. The zero-order valence-electron chi connectivity index (χ0n) is 13.2. The lowest BCUT2D eigenvalue weighted by molar-refractivity contribution is 0.364. The molecular weight excluding hydrogens is 235 g/mol. The van der Waals surface area contributed by atoms with Crippen LogP contribution in [0.2, 0.25) is 5.82 Å². The van der Waals surface area contributed by atoms with Gasteiger partial charge in [-0.3, -0.25) is 0 Å². The van der Waals surface area contributed by atoms with Crippen molar-refractivity contribution in [3.8, 4) is 0 Å². The average molecular weight is 270 g/mol. The second-order valence-corrected chi connectivity index (χ2v) is 5.93. The quantitative estimate of drug-likeness (QED) is 0.346. The van der Waals surface area contributed by atoms with Crippen molar-refractivity contribution in [2.45, 2.75) is 103 Å². The molecule has 114 valence electrons. The van der Waals surface area contributed by atoms with E-state index in [0.717, 1.165) is 25.7 Å². The normalized spacial score (nSPS) is 12.6. The minimum absolute atomic E-state index is 0.104. The fourth-order valence-electron chi connectivity index (χ4n) is 2.64. The Morgan fingerprint density at radius 1 is 0.632 bits per heavy atom. The molecule has 0 aliphatic rings. The maximum absolute atomic E-state index is 9.41. The van der Waals surface area contributed by atoms with Gasteiger partial charge in [0.05, 0.1) is 0 Å². The minimum Gasteiger partial charge on any atom is -0.427 e. The van der Waals surface area contributed by atoms with E-state index in [1.165, 1.54) is 57.8 Å². The van der Waals surface area contributed by atoms with Crippen LogP contribution >= 0.6 is 0 Å². The van der Waals surface area contributed by atoms with Crippen molar-refractivity contribution in [2.75, 3.05) is 0 Å². The third-order valence-corrected chi connectivity index (χ3v) is 4.03. The highest BCUT2D eigenvalue weighted by atomic mass is 16.4. The van der Waals surface area contributed by atoms with Gasteiger partial charge in [-0.2, -0.15) is 0 Å². The summed E-state index contributed by atoms with van der Waals surface area (Å²) in [6.45, 7) is 4.45. The van der Waals surface area contributed by atoms with E-state index in [-0.39, 0.29) is 5.82 Å². The highest BCUT2D eigenvalue weighted by Gasteiger charge is 2.21. The fourth-order valence-corrected chi connectivity index (χ4v) is 2.64. The van der Waals surface area contributed by atoms with Crippen LogP contribution in [0.1, 0.15) is 97.3 Å². The van der Waals surface area contributed by atoms with Crippen molar-refractivity contribution in [1.29, 1.82) is 0 Å². The molecule has 0 aromatic rings. The van der Waals surface area contributed by atoms with Crippen LogP contribution in [0.4, 0.5) is 0 Å². The standard InChI is InChI=1S/C16H35BO2/c1-3-5-7-9-11-13-15-16(17(18)19)14-12-10-8-6-4-2/h16,18-19H,3-15H2,1-2H3. The lowest BCUT2D eigenvalue weighted by Gasteiger charge is -2.15. The lowest BCUT2D eigenvalue weighted by atomic mass is 9.67. The first-order chi connectivity index (χ1) is 9.22. The second kappa shape index (κ2) is 14.4. The van der Waals surface area contributed by atoms with Gasteiger partial charge in [-0.05, 0) is 5.82 Å². The van der Waals surface area contributed by atoms with E-state index in [9.17, 15) is 10.0 Å². The molecule has 0 aromatic carbocycles. The highest BCUT2D eigenvalue weighted by molar-refractivity contribution is 6.43. The molecule has 0 amide bonds. The SMILES string of the molecule is CCCCCCCCC(CCCCCCC)B(O)O. The molecule has 0 heterocycles. The van der Waals surface area contributed by atoms with E-state index in [1.54, 1.807) is 0 Å². The zero-order chi connectivity index (χ0) is 14.3. The number of hydrogen-bond donors (Lipinski definition) is 2. The van der Waals surface area contributed by atoms with Crippen molar-refractivity contribution in [3.05, 3.63) is 0 Å². The van der Waals surface area contributed by atoms with Gasteiger partial charge in [0.15, 0.2) is 0 Å². The molecule has 1 unspecified atom stereocenters. The molecule has 0 aliphatic heterocycles. The zero-order valence-corrected chi connectivity index (χ0v) is 13.2. The third-order valence-electron chi connectivity index (χ3n) is 4.03. The van der Waals surface area contributed by atoms with Crippen LogP contribution in [-0.2, 0) is 0 Å². The van der Waals surface area contributed by atoms with Crippen LogP contribution in [0, 0.1) is 0 Å². The average Bonchev–Trinajstić information content (AvgIpc) is 2.39. The summed E-state index contributed by atoms with van der Waals surface area (Å²) < 4.78 is 0. The topological polar surface area (TPSA) is 40.5 Å². The van der Waals surface area contributed by atoms with E-state index >= 15 is 0 Å². The lowest BCUT2D eigenvalue weighted by Crippen LogP contribution is -2.20. The Balaban J connectivity index is 3.51. The summed E-state index contributed by atoms with van der Waals surface area (Å²) in [5, 5.41) is 18.8.